The number of benzene rings is 2. The molecular weight excluding hydrogens is 500 g/mol. The SMILES string of the molecule is O=C(NC1CCCCC1)c1ccc(OCCCN(CCn2ccc3ccccc3c2=O)Cc2ccncc2)cc1. The van der Waals surface area contributed by atoms with Gasteiger partial charge in [0.05, 0.1) is 6.61 Å². The molecule has 1 aliphatic carbocycles. The Morgan fingerprint density at radius 3 is 2.52 bits per heavy atom. The van der Waals surface area contributed by atoms with Crippen molar-refractivity contribution in [3.63, 3.8) is 0 Å². The number of nitrogens with zero attached hydrogens (tertiary/aromatic N) is 3. The highest BCUT2D eigenvalue weighted by atomic mass is 16.5. The van der Waals surface area contributed by atoms with Crippen molar-refractivity contribution in [2.24, 2.45) is 0 Å². The van der Waals surface area contributed by atoms with Gasteiger partial charge in [0.1, 0.15) is 5.75 Å². The zero-order valence-electron chi connectivity index (χ0n) is 23.0. The first-order chi connectivity index (χ1) is 19.7. The van der Waals surface area contributed by atoms with E-state index in [0.29, 0.717) is 24.8 Å². The zero-order valence-corrected chi connectivity index (χ0v) is 23.0. The largest absolute Gasteiger partial charge is 0.494 e. The van der Waals surface area contributed by atoms with Gasteiger partial charge in [-0.3, -0.25) is 19.5 Å². The fourth-order valence-corrected chi connectivity index (χ4v) is 5.37. The van der Waals surface area contributed by atoms with Gasteiger partial charge in [0.25, 0.3) is 11.5 Å². The van der Waals surface area contributed by atoms with Crippen molar-refractivity contribution in [2.75, 3.05) is 19.7 Å². The lowest BCUT2D eigenvalue weighted by Gasteiger charge is -2.23. The number of fused-ring (bicyclic) bond motifs is 1. The molecule has 7 nitrogen and oxygen atoms in total. The minimum atomic E-state index is -0.00396. The molecule has 0 unspecified atom stereocenters. The summed E-state index contributed by atoms with van der Waals surface area (Å²) < 4.78 is 7.79. The minimum absolute atomic E-state index is 0.00396. The third-order valence-electron chi connectivity index (χ3n) is 7.64. The highest BCUT2D eigenvalue weighted by molar-refractivity contribution is 5.94. The Labute approximate surface area is 235 Å². The summed E-state index contributed by atoms with van der Waals surface area (Å²) in [5.41, 5.74) is 1.90. The van der Waals surface area contributed by atoms with E-state index in [0.717, 1.165) is 55.4 Å². The first kappa shape index (κ1) is 27.6. The van der Waals surface area contributed by atoms with Crippen LogP contribution in [0.5, 0.6) is 5.75 Å². The van der Waals surface area contributed by atoms with Gasteiger partial charge in [-0.1, -0.05) is 37.5 Å². The molecule has 0 saturated heterocycles. The van der Waals surface area contributed by atoms with Crippen molar-refractivity contribution in [3.8, 4) is 5.75 Å². The van der Waals surface area contributed by atoms with Crippen LogP contribution in [0.1, 0.15) is 54.4 Å². The van der Waals surface area contributed by atoms with Crippen LogP contribution in [-0.2, 0) is 13.1 Å². The van der Waals surface area contributed by atoms with E-state index in [4.69, 9.17) is 4.74 Å². The summed E-state index contributed by atoms with van der Waals surface area (Å²) in [6.07, 6.45) is 12.1. The number of hydrogen-bond acceptors (Lipinski definition) is 5. The maximum absolute atomic E-state index is 13.0. The van der Waals surface area contributed by atoms with E-state index < -0.39 is 0 Å². The predicted octanol–water partition coefficient (Wildman–Crippen LogP) is 5.43. The minimum Gasteiger partial charge on any atom is -0.494 e. The second-order valence-electron chi connectivity index (χ2n) is 10.6. The van der Waals surface area contributed by atoms with Crippen LogP contribution in [0.25, 0.3) is 10.8 Å². The molecule has 0 atom stereocenters. The van der Waals surface area contributed by atoms with Crippen LogP contribution in [0.4, 0.5) is 0 Å². The fourth-order valence-electron chi connectivity index (χ4n) is 5.37. The summed E-state index contributed by atoms with van der Waals surface area (Å²) in [6, 6.07) is 21.5. The quantitative estimate of drug-likeness (QED) is 0.244. The molecule has 1 saturated carbocycles. The third-order valence-corrected chi connectivity index (χ3v) is 7.64. The van der Waals surface area contributed by atoms with Crippen molar-refractivity contribution in [3.05, 3.63) is 107 Å². The molecule has 1 amide bonds. The number of carbonyl (C=O) groups is 1. The molecule has 0 spiro atoms. The first-order valence-corrected chi connectivity index (χ1v) is 14.4. The molecule has 4 aromatic rings. The van der Waals surface area contributed by atoms with Crippen LogP contribution >= 0.6 is 0 Å². The maximum Gasteiger partial charge on any atom is 0.258 e. The summed E-state index contributed by atoms with van der Waals surface area (Å²) in [5, 5.41) is 4.88. The van der Waals surface area contributed by atoms with Crippen LogP contribution < -0.4 is 15.6 Å². The van der Waals surface area contributed by atoms with Gasteiger partial charge in [-0.2, -0.15) is 0 Å². The maximum atomic E-state index is 13.0. The average Bonchev–Trinajstić information content (AvgIpc) is 3.00. The average molecular weight is 539 g/mol. The Bertz CT molecular complexity index is 1430. The Kier molecular flexibility index (Phi) is 9.59. The number of rotatable bonds is 12. The zero-order chi connectivity index (χ0) is 27.6. The topological polar surface area (TPSA) is 76.5 Å². The van der Waals surface area contributed by atoms with Crippen LogP contribution in [0.3, 0.4) is 0 Å². The second kappa shape index (κ2) is 13.9. The van der Waals surface area contributed by atoms with Crippen LogP contribution in [0, 0.1) is 0 Å². The monoisotopic (exact) mass is 538 g/mol. The Hall–Kier alpha value is -3.97. The number of aromatic nitrogens is 2. The summed E-state index contributed by atoms with van der Waals surface area (Å²) in [6.45, 7) is 3.52. The Balaban J connectivity index is 1.13. The van der Waals surface area contributed by atoms with E-state index >= 15 is 0 Å². The molecule has 0 radical (unpaired) electrons. The van der Waals surface area contributed by atoms with Crippen LogP contribution in [0.2, 0.25) is 0 Å². The van der Waals surface area contributed by atoms with E-state index in [-0.39, 0.29) is 11.5 Å². The number of amides is 1. The van der Waals surface area contributed by atoms with Gasteiger partial charge in [-0.25, -0.2) is 0 Å². The molecule has 5 rings (SSSR count). The lowest BCUT2D eigenvalue weighted by molar-refractivity contribution is 0.0927. The number of ether oxygens (including phenoxy) is 1. The Morgan fingerprint density at radius 2 is 1.73 bits per heavy atom. The molecule has 2 aromatic heterocycles. The van der Waals surface area contributed by atoms with Crippen molar-refractivity contribution >= 4 is 16.7 Å². The third kappa shape index (κ3) is 7.57. The van der Waals surface area contributed by atoms with Crippen LogP contribution in [0.15, 0.2) is 90.1 Å². The highest BCUT2D eigenvalue weighted by Gasteiger charge is 2.16. The van der Waals surface area contributed by atoms with Gasteiger partial charge in [-0.05, 0) is 78.7 Å². The molecule has 1 N–H and O–H groups in total. The highest BCUT2D eigenvalue weighted by Crippen LogP contribution is 2.19. The van der Waals surface area contributed by atoms with Crippen molar-refractivity contribution in [2.45, 2.75) is 57.7 Å². The van der Waals surface area contributed by atoms with Crippen molar-refractivity contribution < 1.29 is 9.53 Å². The first-order valence-electron chi connectivity index (χ1n) is 14.4. The fraction of sp³-hybridized carbons (Fsp3) is 0.364. The van der Waals surface area contributed by atoms with E-state index in [9.17, 15) is 9.59 Å². The van der Waals surface area contributed by atoms with Crippen molar-refractivity contribution in [1.29, 1.82) is 0 Å². The molecular formula is C33H38N4O3. The van der Waals surface area contributed by atoms with Gasteiger partial charge in [0, 0.05) is 61.8 Å². The summed E-state index contributed by atoms with van der Waals surface area (Å²) in [7, 11) is 0. The molecule has 0 aliphatic heterocycles. The smallest absolute Gasteiger partial charge is 0.258 e. The molecule has 0 bridgehead atoms. The molecule has 2 heterocycles. The summed E-state index contributed by atoms with van der Waals surface area (Å²) >= 11 is 0. The lowest BCUT2D eigenvalue weighted by Crippen LogP contribution is -2.36. The number of pyridine rings is 2. The predicted molar refractivity (Wildman–Crippen MR) is 159 cm³/mol. The molecule has 7 heteroatoms. The van der Waals surface area contributed by atoms with Gasteiger partial charge >= 0.3 is 0 Å². The molecule has 2 aromatic carbocycles. The van der Waals surface area contributed by atoms with Gasteiger partial charge < -0.3 is 14.6 Å². The lowest BCUT2D eigenvalue weighted by atomic mass is 9.95. The number of hydrogen-bond donors (Lipinski definition) is 1. The van der Waals surface area contributed by atoms with E-state index in [1.807, 2.05) is 85.3 Å². The molecule has 208 valence electrons. The number of carbonyl (C=O) groups excluding carboxylic acids is 1. The van der Waals surface area contributed by atoms with Gasteiger partial charge in [0.2, 0.25) is 0 Å². The van der Waals surface area contributed by atoms with Gasteiger partial charge in [-0.15, -0.1) is 0 Å². The summed E-state index contributed by atoms with van der Waals surface area (Å²) in [4.78, 5) is 32.0. The second-order valence-corrected chi connectivity index (χ2v) is 10.6. The van der Waals surface area contributed by atoms with E-state index in [1.165, 1.54) is 24.8 Å². The van der Waals surface area contributed by atoms with Gasteiger partial charge in [0.15, 0.2) is 0 Å². The Morgan fingerprint density at radius 1 is 0.950 bits per heavy atom. The summed E-state index contributed by atoms with van der Waals surface area (Å²) in [5.74, 6) is 0.758. The van der Waals surface area contributed by atoms with E-state index in [2.05, 4.69) is 15.2 Å². The molecule has 1 aliphatic rings. The van der Waals surface area contributed by atoms with Crippen molar-refractivity contribution in [1.82, 2.24) is 19.8 Å². The van der Waals surface area contributed by atoms with E-state index in [1.54, 1.807) is 4.57 Å². The standard InChI is InChI=1S/C33H38N4O3/c38-32(35-29-8-2-1-3-9-29)28-11-13-30(14-12-28)40-24-6-20-36(25-26-15-18-34-19-16-26)22-23-37-21-17-27-7-4-5-10-31(27)33(37)39/h4-5,7,10-19,21,29H,1-3,6,8-9,20,22-25H2,(H,35,38). The van der Waals surface area contributed by atoms with Crippen LogP contribution in [-0.4, -0.2) is 46.1 Å². The number of nitrogens with one attached hydrogen (secondary N) is 1. The molecule has 1 fully saturated rings. The molecule has 40 heavy (non-hydrogen) atoms. The normalized spacial score (nSPS) is 13.9.